The van der Waals surface area contributed by atoms with Crippen molar-refractivity contribution in [2.45, 2.75) is 12.8 Å². The Morgan fingerprint density at radius 3 is 2.69 bits per heavy atom. The molecule has 1 saturated heterocycles. The maximum Gasteiger partial charge on any atom is 0.273 e. The number of nitrogens with one attached hydrogen (secondary N) is 1. The Labute approximate surface area is 186 Å². The average molecular weight is 461 g/mol. The second-order valence-corrected chi connectivity index (χ2v) is 7.29. The minimum absolute atomic E-state index is 0. The molecule has 0 saturated carbocycles. The second-order valence-electron chi connectivity index (χ2n) is 6.44. The zero-order chi connectivity index (χ0) is 19.2. The van der Waals surface area contributed by atoms with Crippen LogP contribution in [0.25, 0.3) is 10.6 Å². The Balaban J connectivity index is 0.00000210. The number of halogens is 2. The lowest BCUT2D eigenvalue weighted by molar-refractivity contribution is -0.126. The molecule has 0 aliphatic carbocycles. The van der Waals surface area contributed by atoms with Gasteiger partial charge >= 0.3 is 0 Å². The number of benzene rings is 1. The van der Waals surface area contributed by atoms with Gasteiger partial charge in [-0.2, -0.15) is 0 Å². The molecule has 1 fully saturated rings. The number of carbonyl (C=O) groups is 2. The molecule has 7 nitrogen and oxygen atoms in total. The van der Waals surface area contributed by atoms with Crippen molar-refractivity contribution < 1.29 is 14.3 Å². The minimum Gasteiger partial charge on any atom is -0.497 e. The maximum absolute atomic E-state index is 12.8. The van der Waals surface area contributed by atoms with Crippen LogP contribution in [0.4, 0.5) is 0 Å². The molecule has 1 unspecified atom stereocenters. The molecule has 1 aliphatic rings. The van der Waals surface area contributed by atoms with Gasteiger partial charge in [-0.15, -0.1) is 36.2 Å². The number of ether oxygens (including phenoxy) is 1. The molecule has 0 spiro atoms. The summed E-state index contributed by atoms with van der Waals surface area (Å²) in [6.07, 6.45) is 1.59. The summed E-state index contributed by atoms with van der Waals surface area (Å²) in [6.45, 7) is 1.94. The molecule has 1 aliphatic heterocycles. The van der Waals surface area contributed by atoms with Gasteiger partial charge in [-0.05, 0) is 37.1 Å². The molecule has 2 heterocycles. The van der Waals surface area contributed by atoms with Gasteiger partial charge in [0, 0.05) is 37.1 Å². The molecule has 1 atom stereocenters. The largest absolute Gasteiger partial charge is 0.497 e. The molecule has 2 amide bonds. The first kappa shape index (κ1) is 25.2. The molecule has 0 radical (unpaired) electrons. The number of hydrogen-bond donors (Lipinski definition) is 2. The van der Waals surface area contributed by atoms with Crippen LogP contribution in [0, 0.1) is 5.92 Å². The number of rotatable bonds is 6. The SMILES string of the molecule is COc1ccc(-c2nc(C(=O)N3CCCC(C(=O)NCCN)C3)cs2)cc1.Cl.Cl. The highest BCUT2D eigenvalue weighted by molar-refractivity contribution is 7.13. The quantitative estimate of drug-likeness (QED) is 0.689. The van der Waals surface area contributed by atoms with Crippen molar-refractivity contribution >= 4 is 48.0 Å². The van der Waals surface area contributed by atoms with Crippen molar-refractivity contribution in [3.8, 4) is 16.3 Å². The lowest BCUT2D eigenvalue weighted by atomic mass is 9.97. The van der Waals surface area contributed by atoms with E-state index in [1.54, 1.807) is 17.4 Å². The van der Waals surface area contributed by atoms with Crippen molar-refractivity contribution in [2.24, 2.45) is 11.7 Å². The highest BCUT2D eigenvalue weighted by Gasteiger charge is 2.29. The van der Waals surface area contributed by atoms with Gasteiger partial charge in [-0.1, -0.05) is 0 Å². The maximum atomic E-state index is 12.8. The van der Waals surface area contributed by atoms with Crippen LogP contribution in [0.5, 0.6) is 5.75 Å². The molecule has 29 heavy (non-hydrogen) atoms. The van der Waals surface area contributed by atoms with Crippen LogP contribution >= 0.6 is 36.2 Å². The number of carbonyl (C=O) groups excluding carboxylic acids is 2. The van der Waals surface area contributed by atoms with Gasteiger partial charge < -0.3 is 20.7 Å². The smallest absolute Gasteiger partial charge is 0.273 e. The Bertz CT molecular complexity index is 801. The van der Waals surface area contributed by atoms with E-state index in [0.717, 1.165) is 29.2 Å². The first-order valence-electron chi connectivity index (χ1n) is 8.99. The summed E-state index contributed by atoms with van der Waals surface area (Å²) in [6, 6.07) is 7.58. The van der Waals surface area contributed by atoms with Crippen LogP contribution < -0.4 is 15.8 Å². The summed E-state index contributed by atoms with van der Waals surface area (Å²) >= 11 is 1.43. The van der Waals surface area contributed by atoms with Gasteiger partial charge in [-0.3, -0.25) is 9.59 Å². The monoisotopic (exact) mass is 460 g/mol. The van der Waals surface area contributed by atoms with Crippen molar-refractivity contribution in [1.82, 2.24) is 15.2 Å². The molecule has 160 valence electrons. The van der Waals surface area contributed by atoms with Crippen LogP contribution in [0.15, 0.2) is 29.6 Å². The second kappa shape index (κ2) is 12.0. The van der Waals surface area contributed by atoms with Crippen molar-refractivity contribution in [3.63, 3.8) is 0 Å². The predicted molar refractivity (Wildman–Crippen MR) is 119 cm³/mol. The molecule has 3 rings (SSSR count). The topological polar surface area (TPSA) is 97.5 Å². The normalized spacial score (nSPS) is 15.7. The number of methoxy groups -OCH3 is 1. The number of nitrogens with two attached hydrogens (primary N) is 1. The molecular weight excluding hydrogens is 435 g/mol. The summed E-state index contributed by atoms with van der Waals surface area (Å²) < 4.78 is 5.16. The van der Waals surface area contributed by atoms with Gasteiger partial charge in [0.1, 0.15) is 16.5 Å². The fraction of sp³-hybridized carbons (Fsp3) is 0.421. The van der Waals surface area contributed by atoms with Crippen LogP contribution in [0.1, 0.15) is 23.3 Å². The van der Waals surface area contributed by atoms with Gasteiger partial charge in [0.05, 0.1) is 13.0 Å². The van der Waals surface area contributed by atoms with Gasteiger partial charge in [0.25, 0.3) is 5.91 Å². The number of nitrogens with zero attached hydrogens (tertiary/aromatic N) is 2. The summed E-state index contributed by atoms with van der Waals surface area (Å²) in [5.74, 6) is 0.435. The predicted octanol–water partition coefficient (Wildman–Crippen LogP) is 2.59. The third-order valence-electron chi connectivity index (χ3n) is 4.58. The van der Waals surface area contributed by atoms with Crippen LogP contribution in [-0.4, -0.2) is 55.0 Å². The highest BCUT2D eigenvalue weighted by Crippen LogP contribution is 2.27. The van der Waals surface area contributed by atoms with Gasteiger partial charge in [-0.25, -0.2) is 4.98 Å². The highest BCUT2D eigenvalue weighted by atomic mass is 35.5. The van der Waals surface area contributed by atoms with Crippen LogP contribution in [-0.2, 0) is 4.79 Å². The zero-order valence-electron chi connectivity index (χ0n) is 16.1. The number of piperidine rings is 1. The molecule has 3 N–H and O–H groups in total. The van der Waals surface area contributed by atoms with E-state index in [4.69, 9.17) is 10.5 Å². The number of thiazole rings is 1. The molecule has 1 aromatic heterocycles. The van der Waals surface area contributed by atoms with Crippen LogP contribution in [0.3, 0.4) is 0 Å². The fourth-order valence-electron chi connectivity index (χ4n) is 3.12. The average Bonchev–Trinajstić information content (AvgIpc) is 3.21. The molecule has 0 bridgehead atoms. The number of likely N-dealkylation sites (tertiary alicyclic amines) is 1. The van der Waals surface area contributed by atoms with E-state index in [9.17, 15) is 9.59 Å². The number of amides is 2. The Kier molecular flexibility index (Phi) is 10.4. The molecule has 10 heteroatoms. The van der Waals surface area contributed by atoms with Gasteiger partial charge in [0.15, 0.2) is 0 Å². The lowest BCUT2D eigenvalue weighted by Gasteiger charge is -2.31. The Hall–Kier alpha value is -1.87. The molecule has 2 aromatic rings. The zero-order valence-corrected chi connectivity index (χ0v) is 18.6. The Morgan fingerprint density at radius 1 is 1.31 bits per heavy atom. The Morgan fingerprint density at radius 2 is 2.03 bits per heavy atom. The number of hydrogen-bond acceptors (Lipinski definition) is 6. The van der Waals surface area contributed by atoms with Crippen LogP contribution in [0.2, 0.25) is 0 Å². The first-order valence-corrected chi connectivity index (χ1v) is 9.87. The lowest BCUT2D eigenvalue weighted by Crippen LogP contribution is -2.46. The van der Waals surface area contributed by atoms with Crippen molar-refractivity contribution in [1.29, 1.82) is 0 Å². The summed E-state index contributed by atoms with van der Waals surface area (Å²) in [4.78, 5) is 31.2. The fourth-order valence-corrected chi connectivity index (χ4v) is 3.92. The summed E-state index contributed by atoms with van der Waals surface area (Å²) in [5, 5.41) is 5.38. The number of aromatic nitrogens is 1. The van der Waals surface area contributed by atoms with E-state index >= 15 is 0 Å². The summed E-state index contributed by atoms with van der Waals surface area (Å²) in [5.41, 5.74) is 6.80. The van der Waals surface area contributed by atoms with E-state index in [0.29, 0.717) is 31.9 Å². The minimum atomic E-state index is -0.186. The van der Waals surface area contributed by atoms with Gasteiger partial charge in [0.2, 0.25) is 5.91 Å². The van der Waals surface area contributed by atoms with Crippen molar-refractivity contribution in [3.05, 3.63) is 35.3 Å². The van der Waals surface area contributed by atoms with E-state index < -0.39 is 0 Å². The first-order chi connectivity index (χ1) is 13.1. The molecule has 1 aromatic carbocycles. The van der Waals surface area contributed by atoms with E-state index in [1.807, 2.05) is 24.3 Å². The summed E-state index contributed by atoms with van der Waals surface area (Å²) in [7, 11) is 1.62. The third kappa shape index (κ3) is 6.30. The van der Waals surface area contributed by atoms with E-state index in [2.05, 4.69) is 10.3 Å². The van der Waals surface area contributed by atoms with E-state index in [-0.39, 0.29) is 42.5 Å². The molecular formula is C19H26Cl2N4O3S. The standard InChI is InChI=1S/C19H24N4O3S.2ClH/c1-26-15-6-4-13(5-7-15)18-22-16(12-27-18)19(25)23-10-2-3-14(11-23)17(24)21-9-8-20;;/h4-7,12,14H,2-3,8-11,20H2,1H3,(H,21,24);2*1H. The van der Waals surface area contributed by atoms with E-state index in [1.165, 1.54) is 11.3 Å². The van der Waals surface area contributed by atoms with Crippen molar-refractivity contribution in [2.75, 3.05) is 33.3 Å². The third-order valence-corrected chi connectivity index (χ3v) is 5.47.